The predicted molar refractivity (Wildman–Crippen MR) is 141 cm³/mol. The molecule has 2 aromatic carbocycles. The normalized spacial score (nSPS) is 14.1. The van der Waals surface area contributed by atoms with Gasteiger partial charge in [-0.25, -0.2) is 18.1 Å². The molecule has 0 atom stereocenters. The largest absolute Gasteiger partial charge is 0.476 e. The number of para-hydroxylation sites is 1. The number of hydrogen-bond acceptors (Lipinski definition) is 7. The van der Waals surface area contributed by atoms with Crippen LogP contribution in [-0.2, 0) is 14.8 Å². The molecule has 194 valence electrons. The summed E-state index contributed by atoms with van der Waals surface area (Å²) in [4.78, 5) is 20.0. The van der Waals surface area contributed by atoms with Gasteiger partial charge in [0.1, 0.15) is 16.4 Å². The highest BCUT2D eigenvalue weighted by Crippen LogP contribution is 2.31. The zero-order valence-corrected chi connectivity index (χ0v) is 21.2. The van der Waals surface area contributed by atoms with E-state index in [0.29, 0.717) is 31.5 Å². The number of fused-ring (bicyclic) bond motifs is 1. The second-order valence-corrected chi connectivity index (χ2v) is 10.4. The van der Waals surface area contributed by atoms with E-state index in [9.17, 15) is 13.2 Å². The number of H-pyrrole nitrogens is 1. The number of hydrogen-bond donors (Lipinski definition) is 2. The highest BCUT2D eigenvalue weighted by Gasteiger charge is 2.24. The molecule has 9 nitrogen and oxygen atoms in total. The molecule has 1 amide bonds. The number of terminal acetylenes is 1. The Bertz CT molecular complexity index is 1620. The summed E-state index contributed by atoms with van der Waals surface area (Å²) in [5.74, 6) is 2.76. The lowest BCUT2D eigenvalue weighted by atomic mass is 10.0. The number of aromatic amines is 1. The highest BCUT2D eigenvalue weighted by atomic mass is 32.2. The number of carbonyl (C=O) groups is 1. The van der Waals surface area contributed by atoms with Crippen LogP contribution in [0.2, 0.25) is 0 Å². The fourth-order valence-corrected chi connectivity index (χ4v) is 5.09. The number of nitrogens with zero attached hydrogens (tertiary/aromatic N) is 1. The Hall–Kier alpha value is -4.33. The van der Waals surface area contributed by atoms with Crippen molar-refractivity contribution in [3.05, 3.63) is 78.1 Å². The van der Waals surface area contributed by atoms with Crippen LogP contribution in [0, 0.1) is 18.3 Å². The predicted octanol–water partition coefficient (Wildman–Crippen LogP) is 4.26. The summed E-state index contributed by atoms with van der Waals surface area (Å²) >= 11 is 0. The molecule has 0 saturated carbocycles. The molecule has 2 N–H and O–H groups in total. The second kappa shape index (κ2) is 11.0. The minimum Gasteiger partial charge on any atom is -0.476 e. The van der Waals surface area contributed by atoms with Crippen LogP contribution in [-0.4, -0.2) is 44.1 Å². The van der Waals surface area contributed by atoms with Gasteiger partial charge >= 0.3 is 0 Å². The van der Waals surface area contributed by atoms with Gasteiger partial charge in [-0.1, -0.05) is 24.1 Å². The van der Waals surface area contributed by atoms with Crippen molar-refractivity contribution in [2.75, 3.05) is 19.8 Å². The third-order valence-electron chi connectivity index (χ3n) is 6.22. The molecule has 1 aliphatic heterocycles. The van der Waals surface area contributed by atoms with E-state index in [1.54, 1.807) is 30.5 Å². The lowest BCUT2D eigenvalue weighted by molar-refractivity contribution is 0.0490. The number of carbonyl (C=O) groups excluding carboxylic acids is 1. The molecule has 38 heavy (non-hydrogen) atoms. The Morgan fingerprint density at radius 2 is 1.92 bits per heavy atom. The van der Waals surface area contributed by atoms with E-state index >= 15 is 0 Å². The molecule has 0 spiro atoms. The van der Waals surface area contributed by atoms with Crippen molar-refractivity contribution >= 4 is 26.8 Å². The first-order chi connectivity index (χ1) is 18.4. The number of pyridine rings is 1. The Morgan fingerprint density at radius 1 is 1.13 bits per heavy atom. The number of nitrogens with one attached hydrogen (secondary N) is 2. The lowest BCUT2D eigenvalue weighted by Crippen LogP contribution is -2.31. The Balaban J connectivity index is 1.33. The minimum atomic E-state index is -4.30. The highest BCUT2D eigenvalue weighted by molar-refractivity contribution is 7.90. The Morgan fingerprint density at radius 3 is 2.74 bits per heavy atom. The molecule has 5 rings (SSSR count). The fourth-order valence-electron chi connectivity index (χ4n) is 4.15. The topological polar surface area (TPSA) is 120 Å². The third-order valence-corrected chi connectivity index (χ3v) is 7.52. The maximum Gasteiger partial charge on any atom is 0.268 e. The number of benzene rings is 2. The van der Waals surface area contributed by atoms with Crippen LogP contribution in [0.3, 0.4) is 0 Å². The van der Waals surface area contributed by atoms with Gasteiger partial charge in [0.2, 0.25) is 5.88 Å². The summed E-state index contributed by atoms with van der Waals surface area (Å²) in [5.41, 5.74) is 1.09. The molecule has 1 aliphatic rings. The van der Waals surface area contributed by atoms with E-state index in [4.69, 9.17) is 20.6 Å². The van der Waals surface area contributed by atoms with Crippen molar-refractivity contribution in [2.24, 2.45) is 5.92 Å². The van der Waals surface area contributed by atoms with Crippen molar-refractivity contribution in [3.63, 3.8) is 0 Å². The van der Waals surface area contributed by atoms with Crippen LogP contribution in [0.5, 0.6) is 17.4 Å². The molecule has 0 aliphatic carbocycles. The van der Waals surface area contributed by atoms with Crippen molar-refractivity contribution in [2.45, 2.75) is 17.7 Å². The zero-order valence-electron chi connectivity index (χ0n) is 20.3. The van der Waals surface area contributed by atoms with Gasteiger partial charge in [-0.05, 0) is 55.2 Å². The molecule has 2 aromatic heterocycles. The Labute approximate surface area is 220 Å². The summed E-state index contributed by atoms with van der Waals surface area (Å²) in [6, 6.07) is 15.0. The van der Waals surface area contributed by atoms with E-state index < -0.39 is 15.9 Å². The van der Waals surface area contributed by atoms with Gasteiger partial charge in [0.15, 0.2) is 0 Å². The zero-order chi connectivity index (χ0) is 26.5. The average molecular weight is 532 g/mol. The summed E-state index contributed by atoms with van der Waals surface area (Å²) in [6.07, 6.45) is 10.2. The number of sulfonamides is 1. The van der Waals surface area contributed by atoms with Crippen LogP contribution >= 0.6 is 0 Å². The van der Waals surface area contributed by atoms with Crippen LogP contribution in [0.1, 0.15) is 28.8 Å². The molecule has 3 heterocycles. The molecule has 1 fully saturated rings. The van der Waals surface area contributed by atoms with Crippen LogP contribution in [0.15, 0.2) is 71.9 Å². The molecule has 10 heteroatoms. The molecule has 0 radical (unpaired) electrons. The summed E-state index contributed by atoms with van der Waals surface area (Å²) in [6.45, 7) is 1.76. The number of amides is 1. The number of rotatable bonds is 8. The van der Waals surface area contributed by atoms with Gasteiger partial charge in [-0.2, -0.15) is 0 Å². The number of ether oxygens (including phenoxy) is 3. The van der Waals surface area contributed by atoms with Gasteiger partial charge in [-0.15, -0.1) is 6.42 Å². The van der Waals surface area contributed by atoms with Crippen molar-refractivity contribution < 1.29 is 27.4 Å². The molecular formula is C28H25N3O6S. The van der Waals surface area contributed by atoms with Gasteiger partial charge in [0.25, 0.3) is 15.9 Å². The monoisotopic (exact) mass is 531 g/mol. The van der Waals surface area contributed by atoms with E-state index in [2.05, 4.69) is 20.6 Å². The van der Waals surface area contributed by atoms with Crippen LogP contribution in [0.25, 0.3) is 10.9 Å². The van der Waals surface area contributed by atoms with Crippen molar-refractivity contribution in [3.8, 4) is 29.7 Å². The fraction of sp³-hybridized carbons (Fsp3) is 0.214. The van der Waals surface area contributed by atoms with E-state index in [1.165, 1.54) is 12.1 Å². The summed E-state index contributed by atoms with van der Waals surface area (Å²) in [5, 5.41) is 0.822. The van der Waals surface area contributed by atoms with Gasteiger partial charge in [0.05, 0.1) is 23.9 Å². The van der Waals surface area contributed by atoms with Gasteiger partial charge in [0, 0.05) is 30.3 Å². The maximum atomic E-state index is 13.1. The molecule has 4 aromatic rings. The minimum absolute atomic E-state index is 0.0464. The van der Waals surface area contributed by atoms with Crippen LogP contribution in [0.4, 0.5) is 0 Å². The van der Waals surface area contributed by atoms with Crippen LogP contribution < -0.4 is 14.2 Å². The first kappa shape index (κ1) is 25.3. The van der Waals surface area contributed by atoms with E-state index in [1.807, 2.05) is 18.2 Å². The standard InChI is InChI=1S/C28H25N3O6S/c1-2-20-16-21(17-30-28(20)36-18-19-11-14-35-15-12-19)38(33,34)31-27(32)23-6-3-4-8-26(23)37-25-9-5-7-24-22(25)10-13-29-24/h1,3-10,13,16-17,19,29H,11-12,14-15,18H2,(H,31,32). The SMILES string of the molecule is C#Cc1cc(S(=O)(=O)NC(=O)c2ccccc2Oc2cccc3[nH]ccc23)cnc1OCC1CCOCC1. The molecular weight excluding hydrogens is 506 g/mol. The molecule has 0 bridgehead atoms. The third kappa shape index (κ3) is 5.49. The van der Waals surface area contributed by atoms with Crippen molar-refractivity contribution in [1.82, 2.24) is 14.7 Å². The summed E-state index contributed by atoms with van der Waals surface area (Å²) in [7, 11) is -4.30. The smallest absolute Gasteiger partial charge is 0.268 e. The second-order valence-electron chi connectivity index (χ2n) is 8.76. The number of aromatic nitrogens is 2. The average Bonchev–Trinajstić information content (AvgIpc) is 3.42. The molecule has 1 saturated heterocycles. The lowest BCUT2D eigenvalue weighted by Gasteiger charge is -2.22. The van der Waals surface area contributed by atoms with E-state index in [-0.39, 0.29) is 27.7 Å². The van der Waals surface area contributed by atoms with Crippen molar-refractivity contribution in [1.29, 1.82) is 0 Å². The van der Waals surface area contributed by atoms with Gasteiger partial charge < -0.3 is 19.2 Å². The van der Waals surface area contributed by atoms with E-state index in [0.717, 1.165) is 29.9 Å². The molecule has 0 unspecified atom stereocenters. The first-order valence-corrected chi connectivity index (χ1v) is 13.5. The summed E-state index contributed by atoms with van der Waals surface area (Å²) < 4.78 is 45.4. The first-order valence-electron chi connectivity index (χ1n) is 12.0. The maximum absolute atomic E-state index is 13.1. The van der Waals surface area contributed by atoms with Gasteiger partial charge in [-0.3, -0.25) is 4.79 Å². The Kier molecular flexibility index (Phi) is 7.31. The quantitative estimate of drug-likeness (QED) is 0.326.